The van der Waals surface area contributed by atoms with E-state index in [1.54, 1.807) is 0 Å². The minimum absolute atomic E-state index is 0.500. The maximum absolute atomic E-state index is 5.88. The molecular weight excluding hydrogens is 396 g/mol. The number of hydrogen-bond acceptors (Lipinski definition) is 6. The lowest BCUT2D eigenvalue weighted by molar-refractivity contribution is -0.922. The lowest BCUT2D eigenvalue weighted by Crippen LogP contribution is -3.12. The van der Waals surface area contributed by atoms with Gasteiger partial charge in [-0.1, -0.05) is 37.3 Å². The monoisotopic (exact) mass is 425 g/mol. The van der Waals surface area contributed by atoms with Crippen molar-refractivity contribution in [2.24, 2.45) is 5.92 Å². The summed E-state index contributed by atoms with van der Waals surface area (Å²) < 4.78 is 5.50. The fourth-order valence-electron chi connectivity index (χ4n) is 4.36. The van der Waals surface area contributed by atoms with Crippen LogP contribution < -0.4 is 10.4 Å². The van der Waals surface area contributed by atoms with E-state index in [1.807, 2.05) is 29.5 Å². The zero-order valence-electron chi connectivity index (χ0n) is 17.4. The smallest absolute Gasteiger partial charge is 0.187 e. The fraction of sp³-hybridized carbons (Fsp3) is 0.478. The Kier molecular flexibility index (Phi) is 5.95. The summed E-state index contributed by atoms with van der Waals surface area (Å²) in [6.45, 7) is 7.31. The van der Waals surface area contributed by atoms with Crippen LogP contribution in [-0.4, -0.2) is 36.3 Å². The summed E-state index contributed by atoms with van der Waals surface area (Å²) in [7, 11) is 0. The van der Waals surface area contributed by atoms with Crippen LogP contribution in [0, 0.1) is 5.92 Å². The highest BCUT2D eigenvalue weighted by atomic mass is 32.1. The number of anilines is 1. The van der Waals surface area contributed by atoms with Gasteiger partial charge in [-0.3, -0.25) is 4.84 Å². The van der Waals surface area contributed by atoms with E-state index < -0.39 is 0 Å². The molecule has 3 heterocycles. The van der Waals surface area contributed by atoms with Crippen LogP contribution in [0.2, 0.25) is 0 Å². The number of ether oxygens (including phenoxy) is 1. The normalized spacial score (nSPS) is 19.7. The number of quaternary nitrogens is 1. The number of aromatic nitrogens is 2. The van der Waals surface area contributed by atoms with Crippen molar-refractivity contribution in [3.05, 3.63) is 52.2 Å². The molecule has 1 saturated heterocycles. The zero-order chi connectivity index (χ0) is 20.3. The maximum atomic E-state index is 5.88. The molecular formula is C23H29N4O2S+. The summed E-state index contributed by atoms with van der Waals surface area (Å²) >= 11 is 1.84. The molecule has 2 aromatic heterocycles. The lowest BCUT2D eigenvalue weighted by Gasteiger charge is -2.23. The molecule has 7 heteroatoms. The van der Waals surface area contributed by atoms with E-state index in [9.17, 15) is 0 Å². The number of nitrogens with zero attached hydrogens (tertiary/aromatic N) is 2. The third kappa shape index (κ3) is 4.34. The van der Waals surface area contributed by atoms with E-state index in [4.69, 9.17) is 19.5 Å². The van der Waals surface area contributed by atoms with Crippen molar-refractivity contribution in [1.29, 1.82) is 0 Å². The Bertz CT molecular complexity index is 1000. The topological polar surface area (TPSA) is 60.7 Å². The Balaban J connectivity index is 1.43. The van der Waals surface area contributed by atoms with Gasteiger partial charge in [-0.05, 0) is 36.3 Å². The molecule has 2 N–H and O–H groups in total. The van der Waals surface area contributed by atoms with Gasteiger partial charge in [0.2, 0.25) is 0 Å². The molecule has 1 aliphatic carbocycles. The summed E-state index contributed by atoms with van der Waals surface area (Å²) in [6, 6.07) is 10.2. The predicted octanol–water partition coefficient (Wildman–Crippen LogP) is 2.77. The molecule has 3 aromatic rings. The molecule has 0 amide bonds. The van der Waals surface area contributed by atoms with Gasteiger partial charge < -0.3 is 9.64 Å². The molecule has 1 fully saturated rings. The molecule has 5 rings (SSSR count). The Morgan fingerprint density at radius 3 is 2.87 bits per heavy atom. The number of fused-ring (bicyclic) bond motifs is 3. The summed E-state index contributed by atoms with van der Waals surface area (Å²) in [5, 5.41) is 1.16. The van der Waals surface area contributed by atoms with Crippen molar-refractivity contribution in [3.8, 4) is 0 Å². The second-order valence-electron chi connectivity index (χ2n) is 8.44. The van der Waals surface area contributed by atoms with E-state index >= 15 is 0 Å². The molecule has 1 atom stereocenters. The maximum Gasteiger partial charge on any atom is 0.187 e. The second kappa shape index (κ2) is 8.98. The highest BCUT2D eigenvalue weighted by Crippen LogP contribution is 2.40. The van der Waals surface area contributed by atoms with E-state index in [2.05, 4.69) is 24.5 Å². The Morgan fingerprint density at radius 2 is 2.03 bits per heavy atom. The summed E-state index contributed by atoms with van der Waals surface area (Å²) in [6.07, 6.45) is 3.47. The number of benzene rings is 1. The molecule has 6 nitrogen and oxygen atoms in total. The average Bonchev–Trinajstić information content (AvgIpc) is 3.12. The standard InChI is InChI=1S/C23H28N4O2S/c1-16-7-8-18-19(13-16)30-23-21(18)22(26-29-15-17-5-3-2-4-6-17)24-20(25-23)14-27-9-11-28-12-10-27/h2-6,16H,7-15H2,1H3,(H,24,25,26)/p+1/t16-/m0/s1. The van der Waals surface area contributed by atoms with Crippen LogP contribution in [0.4, 0.5) is 5.82 Å². The summed E-state index contributed by atoms with van der Waals surface area (Å²) in [5.41, 5.74) is 5.74. The first-order valence-corrected chi connectivity index (χ1v) is 11.7. The molecule has 1 aromatic carbocycles. The molecule has 1 aliphatic heterocycles. The van der Waals surface area contributed by atoms with E-state index in [0.29, 0.717) is 6.61 Å². The SMILES string of the molecule is C[C@H]1CCc2c(sc3nc(C[NH+]4CCOCC4)nc(NOCc4ccccc4)c23)C1. The molecule has 0 unspecified atom stereocenters. The molecule has 2 aliphatic rings. The van der Waals surface area contributed by atoms with Crippen LogP contribution in [0.3, 0.4) is 0 Å². The molecule has 0 radical (unpaired) electrons. The Labute approximate surface area is 181 Å². The van der Waals surface area contributed by atoms with Gasteiger partial charge >= 0.3 is 0 Å². The minimum atomic E-state index is 0.500. The van der Waals surface area contributed by atoms with Crippen molar-refractivity contribution in [2.75, 3.05) is 31.8 Å². The zero-order valence-corrected chi connectivity index (χ0v) is 18.3. The van der Waals surface area contributed by atoms with Gasteiger partial charge in [0.25, 0.3) is 0 Å². The molecule has 158 valence electrons. The number of morpholine rings is 1. The van der Waals surface area contributed by atoms with Gasteiger partial charge in [-0.25, -0.2) is 15.4 Å². The number of hydrogen-bond donors (Lipinski definition) is 2. The largest absolute Gasteiger partial charge is 0.370 e. The van der Waals surface area contributed by atoms with E-state index in [-0.39, 0.29) is 0 Å². The van der Waals surface area contributed by atoms with Crippen molar-refractivity contribution < 1.29 is 14.5 Å². The van der Waals surface area contributed by atoms with Gasteiger partial charge in [0.05, 0.1) is 25.2 Å². The average molecular weight is 426 g/mol. The lowest BCUT2D eigenvalue weighted by atomic mass is 9.89. The number of aryl methyl sites for hydroxylation is 1. The van der Waals surface area contributed by atoms with Gasteiger partial charge in [0, 0.05) is 4.88 Å². The van der Waals surface area contributed by atoms with E-state index in [1.165, 1.54) is 21.8 Å². The molecule has 30 heavy (non-hydrogen) atoms. The van der Waals surface area contributed by atoms with E-state index in [0.717, 1.165) is 79.0 Å². The Hall–Kier alpha value is -2.06. The molecule has 0 bridgehead atoms. The van der Waals surface area contributed by atoms with Crippen LogP contribution in [0.1, 0.15) is 35.2 Å². The molecule has 0 spiro atoms. The van der Waals surface area contributed by atoms with Crippen LogP contribution in [0.5, 0.6) is 0 Å². The first kappa shape index (κ1) is 19.9. The second-order valence-corrected chi connectivity index (χ2v) is 9.52. The van der Waals surface area contributed by atoms with Gasteiger partial charge in [-0.15, -0.1) is 11.3 Å². The number of rotatable bonds is 6. The van der Waals surface area contributed by atoms with Crippen molar-refractivity contribution in [3.63, 3.8) is 0 Å². The van der Waals surface area contributed by atoms with Crippen LogP contribution in [0.25, 0.3) is 10.2 Å². The highest BCUT2D eigenvalue weighted by molar-refractivity contribution is 7.19. The third-order valence-corrected chi connectivity index (χ3v) is 7.21. The summed E-state index contributed by atoms with van der Waals surface area (Å²) in [5.74, 6) is 2.45. The van der Waals surface area contributed by atoms with Crippen LogP contribution >= 0.6 is 11.3 Å². The van der Waals surface area contributed by atoms with Gasteiger partial charge in [-0.2, -0.15) is 0 Å². The predicted molar refractivity (Wildman–Crippen MR) is 119 cm³/mol. The van der Waals surface area contributed by atoms with Gasteiger partial charge in [0.15, 0.2) is 11.6 Å². The summed E-state index contributed by atoms with van der Waals surface area (Å²) in [4.78, 5) is 19.8. The first-order chi connectivity index (χ1) is 14.8. The molecule has 0 saturated carbocycles. The highest BCUT2D eigenvalue weighted by Gasteiger charge is 2.25. The third-order valence-electron chi connectivity index (χ3n) is 6.06. The first-order valence-electron chi connectivity index (χ1n) is 10.9. The fourth-order valence-corrected chi connectivity index (χ4v) is 5.76. The quantitative estimate of drug-likeness (QED) is 0.595. The van der Waals surface area contributed by atoms with Gasteiger partial charge in [0.1, 0.15) is 24.5 Å². The van der Waals surface area contributed by atoms with Crippen LogP contribution in [0.15, 0.2) is 30.3 Å². The van der Waals surface area contributed by atoms with Crippen LogP contribution in [-0.2, 0) is 35.6 Å². The Morgan fingerprint density at radius 1 is 1.20 bits per heavy atom. The minimum Gasteiger partial charge on any atom is -0.370 e. The van der Waals surface area contributed by atoms with Crippen molar-refractivity contribution in [1.82, 2.24) is 9.97 Å². The number of nitrogens with one attached hydrogen (secondary N) is 2. The van der Waals surface area contributed by atoms with Crippen molar-refractivity contribution in [2.45, 2.75) is 39.3 Å². The van der Waals surface area contributed by atoms with Crippen molar-refractivity contribution >= 4 is 27.4 Å². The number of thiophene rings is 1.